The number of hydrogen-bond donors (Lipinski definition) is 0. The van der Waals surface area contributed by atoms with E-state index in [0.29, 0.717) is 12.0 Å². The van der Waals surface area contributed by atoms with Crippen molar-refractivity contribution in [1.82, 2.24) is 19.9 Å². The molecule has 1 saturated heterocycles. The predicted octanol–water partition coefficient (Wildman–Crippen LogP) is 4.66. The molecule has 0 spiro atoms. The van der Waals surface area contributed by atoms with E-state index in [1.807, 2.05) is 12.3 Å². The second-order valence-corrected chi connectivity index (χ2v) is 7.93. The summed E-state index contributed by atoms with van der Waals surface area (Å²) in [6, 6.07) is 13.1. The molecule has 1 aliphatic rings. The van der Waals surface area contributed by atoms with Crippen molar-refractivity contribution in [3.8, 4) is 0 Å². The molecule has 1 unspecified atom stereocenters. The minimum atomic E-state index is 0.320. The van der Waals surface area contributed by atoms with Gasteiger partial charge in [-0.25, -0.2) is 9.97 Å². The highest BCUT2D eigenvalue weighted by molar-refractivity contribution is 5.74. The second-order valence-electron chi connectivity index (χ2n) is 7.93. The fourth-order valence-electron chi connectivity index (χ4n) is 4.38. The van der Waals surface area contributed by atoms with Crippen LogP contribution in [0.25, 0.3) is 11.0 Å². The molecule has 4 heteroatoms. The van der Waals surface area contributed by atoms with Crippen LogP contribution in [0, 0.1) is 19.8 Å². The van der Waals surface area contributed by atoms with Gasteiger partial charge in [0, 0.05) is 35.6 Å². The number of piperidine rings is 1. The Balaban J connectivity index is 1.48. The Hall–Kier alpha value is -2.33. The summed E-state index contributed by atoms with van der Waals surface area (Å²) in [5.41, 5.74) is 5.64. The second kappa shape index (κ2) is 7.73. The minimum Gasteiger partial charge on any atom is -0.295 e. The van der Waals surface area contributed by atoms with Crippen molar-refractivity contribution < 1.29 is 0 Å². The highest BCUT2D eigenvalue weighted by Gasteiger charge is 2.25. The van der Waals surface area contributed by atoms with E-state index in [4.69, 9.17) is 4.98 Å². The van der Waals surface area contributed by atoms with E-state index < -0.39 is 0 Å². The topological polar surface area (TPSA) is 41.9 Å². The summed E-state index contributed by atoms with van der Waals surface area (Å²) in [5, 5.41) is 1.10. The van der Waals surface area contributed by atoms with Gasteiger partial charge >= 0.3 is 0 Å². The van der Waals surface area contributed by atoms with E-state index in [0.717, 1.165) is 47.6 Å². The lowest BCUT2D eigenvalue weighted by atomic mass is 9.90. The van der Waals surface area contributed by atoms with Crippen molar-refractivity contribution in [2.75, 3.05) is 13.1 Å². The highest BCUT2D eigenvalue weighted by atomic mass is 15.2. The zero-order chi connectivity index (χ0) is 18.8. The Morgan fingerprint density at radius 3 is 2.74 bits per heavy atom. The number of aryl methyl sites for hydroxylation is 2. The first-order valence-electron chi connectivity index (χ1n) is 9.98. The molecule has 1 fully saturated rings. The maximum absolute atomic E-state index is 4.82. The van der Waals surface area contributed by atoms with E-state index in [9.17, 15) is 0 Å². The fourth-order valence-corrected chi connectivity index (χ4v) is 4.38. The number of pyridine rings is 3. The molecule has 4 heterocycles. The average molecular weight is 361 g/mol. The van der Waals surface area contributed by atoms with Crippen molar-refractivity contribution >= 4 is 11.0 Å². The number of rotatable bonds is 4. The van der Waals surface area contributed by atoms with Crippen LogP contribution in [0.4, 0.5) is 0 Å². The molecule has 0 saturated carbocycles. The first-order valence-corrected chi connectivity index (χ1v) is 9.98. The fraction of sp³-hybridized carbons (Fsp3) is 0.435. The molecule has 2 atom stereocenters. The number of hydrogen-bond acceptors (Lipinski definition) is 4. The van der Waals surface area contributed by atoms with Gasteiger partial charge in [-0.15, -0.1) is 0 Å². The summed E-state index contributed by atoms with van der Waals surface area (Å²) < 4.78 is 0. The zero-order valence-electron chi connectivity index (χ0n) is 16.5. The van der Waals surface area contributed by atoms with E-state index in [-0.39, 0.29) is 0 Å². The Kier molecular flexibility index (Phi) is 5.17. The van der Waals surface area contributed by atoms with Gasteiger partial charge in [0.25, 0.3) is 0 Å². The summed E-state index contributed by atoms with van der Waals surface area (Å²) in [6.45, 7) is 8.73. The lowest BCUT2D eigenvalue weighted by Crippen LogP contribution is -2.38. The lowest BCUT2D eigenvalue weighted by Gasteiger charge is -2.36. The van der Waals surface area contributed by atoms with Gasteiger partial charge < -0.3 is 0 Å². The predicted molar refractivity (Wildman–Crippen MR) is 110 cm³/mol. The van der Waals surface area contributed by atoms with Crippen LogP contribution < -0.4 is 0 Å². The van der Waals surface area contributed by atoms with Crippen LogP contribution >= 0.6 is 0 Å². The van der Waals surface area contributed by atoms with Crippen LogP contribution in [-0.4, -0.2) is 32.9 Å². The van der Waals surface area contributed by atoms with Gasteiger partial charge in [-0.3, -0.25) is 9.88 Å². The van der Waals surface area contributed by atoms with Crippen LogP contribution in [0.1, 0.15) is 48.5 Å². The Morgan fingerprint density at radius 2 is 1.93 bits per heavy atom. The number of nitrogens with zero attached hydrogens (tertiary/aromatic N) is 4. The van der Waals surface area contributed by atoms with Gasteiger partial charge in [0.1, 0.15) is 0 Å². The summed E-state index contributed by atoms with van der Waals surface area (Å²) in [4.78, 5) is 16.3. The number of fused-ring (bicyclic) bond motifs is 1. The van der Waals surface area contributed by atoms with Gasteiger partial charge in [-0.2, -0.15) is 0 Å². The molecule has 0 radical (unpaired) electrons. The van der Waals surface area contributed by atoms with Crippen LogP contribution in [-0.2, 0) is 6.42 Å². The smallest absolute Gasteiger partial charge is 0.159 e. The normalized spacial score (nSPS) is 19.3. The molecular formula is C23H28N4. The van der Waals surface area contributed by atoms with Gasteiger partial charge in [0.05, 0.1) is 5.69 Å². The van der Waals surface area contributed by atoms with Crippen LogP contribution in [0.2, 0.25) is 0 Å². The van der Waals surface area contributed by atoms with Crippen molar-refractivity contribution in [2.24, 2.45) is 5.92 Å². The first kappa shape index (κ1) is 18.1. The molecule has 0 amide bonds. The quantitative estimate of drug-likeness (QED) is 0.679. The van der Waals surface area contributed by atoms with Crippen LogP contribution in [0.15, 0.2) is 42.6 Å². The molecule has 4 nitrogen and oxygen atoms in total. The monoisotopic (exact) mass is 360 g/mol. The molecule has 140 valence electrons. The van der Waals surface area contributed by atoms with Crippen LogP contribution in [0.3, 0.4) is 0 Å². The minimum absolute atomic E-state index is 0.320. The Labute approximate surface area is 161 Å². The van der Waals surface area contributed by atoms with E-state index >= 15 is 0 Å². The number of likely N-dealkylation sites (tertiary alicyclic amines) is 1. The molecular weight excluding hydrogens is 332 g/mol. The van der Waals surface area contributed by atoms with Gasteiger partial charge in [0.2, 0.25) is 0 Å². The molecule has 0 bridgehead atoms. The van der Waals surface area contributed by atoms with E-state index in [1.54, 1.807) is 0 Å². The van der Waals surface area contributed by atoms with Gasteiger partial charge in [-0.05, 0) is 94.5 Å². The molecule has 27 heavy (non-hydrogen) atoms. The maximum Gasteiger partial charge on any atom is 0.159 e. The van der Waals surface area contributed by atoms with Crippen LogP contribution in [0.5, 0.6) is 0 Å². The number of aromatic nitrogens is 3. The highest BCUT2D eigenvalue weighted by Crippen LogP contribution is 2.28. The summed E-state index contributed by atoms with van der Waals surface area (Å²) >= 11 is 0. The van der Waals surface area contributed by atoms with Crippen molar-refractivity contribution in [3.05, 3.63) is 65.2 Å². The molecule has 0 N–H and O–H groups in total. The zero-order valence-corrected chi connectivity index (χ0v) is 16.5. The Bertz CT molecular complexity index is 916. The summed E-state index contributed by atoms with van der Waals surface area (Å²) in [6.07, 6.45) is 5.51. The summed E-state index contributed by atoms with van der Waals surface area (Å²) in [5.74, 6) is 0.695. The molecule has 3 aromatic heterocycles. The van der Waals surface area contributed by atoms with Crippen molar-refractivity contribution in [2.45, 2.75) is 46.1 Å². The third-order valence-corrected chi connectivity index (χ3v) is 5.68. The largest absolute Gasteiger partial charge is 0.295 e. The molecule has 0 aliphatic carbocycles. The third kappa shape index (κ3) is 4.16. The molecule has 0 aromatic carbocycles. The first-order chi connectivity index (χ1) is 13.1. The SMILES string of the molecule is Cc1cc(C[C@H]2CCCN(C(C)c3ccc4cccnc4n3)C2)cc(C)n1. The van der Waals surface area contributed by atoms with Gasteiger partial charge in [0.15, 0.2) is 5.65 Å². The van der Waals surface area contributed by atoms with E-state index in [1.165, 1.54) is 18.4 Å². The average Bonchev–Trinajstić information content (AvgIpc) is 2.66. The molecule has 4 rings (SSSR count). The van der Waals surface area contributed by atoms with Crippen molar-refractivity contribution in [1.29, 1.82) is 0 Å². The van der Waals surface area contributed by atoms with Crippen molar-refractivity contribution in [3.63, 3.8) is 0 Å². The third-order valence-electron chi connectivity index (χ3n) is 5.68. The lowest BCUT2D eigenvalue weighted by molar-refractivity contribution is 0.129. The standard InChI is InChI=1S/C23H28N4/c1-16-12-20(13-17(2)25-16)14-19-6-5-11-27(15-19)18(3)22-9-8-21-7-4-10-24-23(21)26-22/h4,7-10,12-13,18-19H,5-6,11,14-15H2,1-3H3/t18?,19-/m1/s1. The maximum atomic E-state index is 4.82. The Morgan fingerprint density at radius 1 is 1.11 bits per heavy atom. The van der Waals surface area contributed by atoms with E-state index in [2.05, 4.69) is 66.0 Å². The molecule has 3 aromatic rings. The summed E-state index contributed by atoms with van der Waals surface area (Å²) in [7, 11) is 0. The molecule has 1 aliphatic heterocycles. The van der Waals surface area contributed by atoms with Gasteiger partial charge in [-0.1, -0.05) is 0 Å².